The molecule has 3 rings (SSSR count). The fourth-order valence-corrected chi connectivity index (χ4v) is 1.92. The Kier molecular flexibility index (Phi) is 3.07. The number of nitrogens with zero attached hydrogens (tertiary/aromatic N) is 5. The highest BCUT2D eigenvalue weighted by Gasteiger charge is 2.12. The topological polar surface area (TPSA) is 125 Å². The predicted octanol–water partition coefficient (Wildman–Crippen LogP) is 1.06. The van der Waals surface area contributed by atoms with Crippen molar-refractivity contribution in [2.75, 3.05) is 11.2 Å². The number of benzene rings is 1. The Hall–Kier alpha value is -3.23. The fraction of sp³-hybridized carbons (Fsp3) is 0.0833. The van der Waals surface area contributed by atoms with Gasteiger partial charge < -0.3 is 11.2 Å². The van der Waals surface area contributed by atoms with Crippen LogP contribution >= 0.6 is 0 Å². The summed E-state index contributed by atoms with van der Waals surface area (Å²) >= 11 is 0. The molecule has 0 atom stereocenters. The van der Waals surface area contributed by atoms with Crippen LogP contribution in [0.5, 0.6) is 0 Å². The lowest BCUT2D eigenvalue weighted by molar-refractivity contribution is -0.383. The van der Waals surface area contributed by atoms with E-state index in [0.717, 1.165) is 5.56 Å². The van der Waals surface area contributed by atoms with Gasteiger partial charge in [0.15, 0.2) is 5.65 Å². The zero-order chi connectivity index (χ0) is 14.8. The highest BCUT2D eigenvalue weighted by molar-refractivity contribution is 5.69. The number of nitro groups is 1. The summed E-state index contributed by atoms with van der Waals surface area (Å²) in [7, 11) is 0. The number of aromatic nitrogens is 4. The molecule has 9 heteroatoms. The highest BCUT2D eigenvalue weighted by Crippen LogP contribution is 2.22. The zero-order valence-electron chi connectivity index (χ0n) is 10.8. The Bertz CT molecular complexity index is 814. The van der Waals surface area contributed by atoms with E-state index in [1.165, 1.54) is 18.5 Å². The molecular weight excluding hydrogens is 274 g/mol. The minimum Gasteiger partial charge on any atom is -0.393 e. The van der Waals surface area contributed by atoms with Crippen molar-refractivity contribution in [3.8, 4) is 0 Å². The summed E-state index contributed by atoms with van der Waals surface area (Å²) < 4.78 is 1.64. The molecule has 0 aliphatic heterocycles. The fourth-order valence-electron chi connectivity index (χ4n) is 1.92. The van der Waals surface area contributed by atoms with Gasteiger partial charge in [0, 0.05) is 6.07 Å². The molecule has 2 aromatic heterocycles. The van der Waals surface area contributed by atoms with Crippen molar-refractivity contribution >= 4 is 22.5 Å². The summed E-state index contributed by atoms with van der Waals surface area (Å²) in [5.74, 6) is 0. The Morgan fingerprint density at radius 2 is 2.24 bits per heavy atom. The first-order valence-electron chi connectivity index (χ1n) is 6.05. The van der Waals surface area contributed by atoms with E-state index in [1.807, 2.05) is 0 Å². The first-order valence-corrected chi connectivity index (χ1v) is 6.05. The van der Waals surface area contributed by atoms with Crippen molar-refractivity contribution in [1.29, 1.82) is 0 Å². The number of anilines is 1. The van der Waals surface area contributed by atoms with Gasteiger partial charge >= 0.3 is 0 Å². The summed E-state index contributed by atoms with van der Waals surface area (Å²) in [5, 5.41) is 10.9. The second-order valence-electron chi connectivity index (χ2n) is 4.33. The molecule has 1 aromatic carbocycles. The largest absolute Gasteiger partial charge is 0.393 e. The third-order valence-corrected chi connectivity index (χ3v) is 2.96. The average Bonchev–Trinajstić information content (AvgIpc) is 2.89. The monoisotopic (exact) mass is 285 g/mol. The van der Waals surface area contributed by atoms with E-state index in [4.69, 9.17) is 5.73 Å². The number of nitrogens with one attached hydrogen (secondary N) is 1. The van der Waals surface area contributed by atoms with Gasteiger partial charge in [-0.2, -0.15) is 0 Å². The molecule has 2 heterocycles. The van der Waals surface area contributed by atoms with E-state index in [9.17, 15) is 10.1 Å². The van der Waals surface area contributed by atoms with Gasteiger partial charge in [0.05, 0.1) is 17.7 Å². The van der Waals surface area contributed by atoms with Gasteiger partial charge in [-0.1, -0.05) is 6.07 Å². The molecule has 0 saturated heterocycles. The quantitative estimate of drug-likeness (QED) is 0.417. The first kappa shape index (κ1) is 12.8. The van der Waals surface area contributed by atoms with Crippen LogP contribution < -0.4 is 11.2 Å². The molecule has 0 aliphatic carbocycles. The van der Waals surface area contributed by atoms with Crippen molar-refractivity contribution in [3.63, 3.8) is 0 Å². The van der Waals surface area contributed by atoms with Gasteiger partial charge in [-0.05, 0) is 11.6 Å². The first-order chi connectivity index (χ1) is 10.1. The smallest absolute Gasteiger partial charge is 0.292 e. The van der Waals surface area contributed by atoms with Crippen LogP contribution in [0.1, 0.15) is 5.56 Å². The van der Waals surface area contributed by atoms with Gasteiger partial charge in [0.2, 0.25) is 0 Å². The van der Waals surface area contributed by atoms with E-state index >= 15 is 0 Å². The van der Waals surface area contributed by atoms with Crippen molar-refractivity contribution in [3.05, 3.63) is 52.7 Å². The second-order valence-corrected chi connectivity index (χ2v) is 4.33. The molecule has 21 heavy (non-hydrogen) atoms. The summed E-state index contributed by atoms with van der Waals surface area (Å²) in [6, 6.07) is 4.68. The lowest BCUT2D eigenvalue weighted by Gasteiger charge is -2.08. The van der Waals surface area contributed by atoms with Crippen LogP contribution in [0.2, 0.25) is 0 Å². The lowest BCUT2D eigenvalue weighted by atomic mass is 10.2. The maximum atomic E-state index is 10.9. The van der Waals surface area contributed by atoms with E-state index in [0.29, 0.717) is 17.7 Å². The Labute approximate surface area is 118 Å². The molecule has 0 amide bonds. The molecular formula is C12H11N7O2. The predicted molar refractivity (Wildman–Crippen MR) is 75.9 cm³/mol. The minimum absolute atomic E-state index is 0.105. The number of nitrogen functional groups attached to an aromatic ring is 1. The van der Waals surface area contributed by atoms with Crippen LogP contribution in [-0.2, 0) is 6.54 Å². The molecule has 0 saturated carbocycles. The normalized spacial score (nSPS) is 10.7. The second kappa shape index (κ2) is 5.04. The highest BCUT2D eigenvalue weighted by atomic mass is 16.6. The van der Waals surface area contributed by atoms with Crippen LogP contribution in [0, 0.1) is 10.1 Å². The van der Waals surface area contributed by atoms with Gasteiger partial charge in [-0.3, -0.25) is 10.1 Å². The number of nitro benzene ring substituents is 1. The van der Waals surface area contributed by atoms with Crippen molar-refractivity contribution in [2.45, 2.75) is 6.54 Å². The van der Waals surface area contributed by atoms with E-state index in [2.05, 4.69) is 20.4 Å². The van der Waals surface area contributed by atoms with E-state index in [1.54, 1.807) is 23.3 Å². The van der Waals surface area contributed by atoms with E-state index < -0.39 is 4.92 Å². The van der Waals surface area contributed by atoms with Gasteiger partial charge in [-0.15, -0.1) is 0 Å². The third-order valence-electron chi connectivity index (χ3n) is 2.96. The zero-order valence-corrected chi connectivity index (χ0v) is 10.8. The SMILES string of the molecule is Nc1ccc(CNn2cnc3cncnc32)cc1[N+](=O)[O-]. The minimum atomic E-state index is -0.501. The number of rotatable bonds is 4. The van der Waals surface area contributed by atoms with Crippen LogP contribution in [-0.4, -0.2) is 24.6 Å². The Morgan fingerprint density at radius 3 is 3.05 bits per heavy atom. The van der Waals surface area contributed by atoms with Gasteiger partial charge in [0.25, 0.3) is 5.69 Å². The van der Waals surface area contributed by atoms with Crippen LogP contribution in [0.4, 0.5) is 11.4 Å². The lowest BCUT2D eigenvalue weighted by Crippen LogP contribution is -2.14. The average molecular weight is 285 g/mol. The van der Waals surface area contributed by atoms with Gasteiger partial charge in [-0.25, -0.2) is 19.6 Å². The molecule has 0 bridgehead atoms. The maximum absolute atomic E-state index is 10.9. The summed E-state index contributed by atoms with van der Waals surface area (Å²) in [4.78, 5) is 22.5. The number of imidazole rings is 1. The molecule has 9 nitrogen and oxygen atoms in total. The van der Waals surface area contributed by atoms with Gasteiger partial charge in [0.1, 0.15) is 23.9 Å². The summed E-state index contributed by atoms with van der Waals surface area (Å²) in [6.45, 7) is 0.372. The number of fused-ring (bicyclic) bond motifs is 1. The Balaban J connectivity index is 1.82. The molecule has 0 spiro atoms. The third kappa shape index (κ3) is 2.43. The van der Waals surface area contributed by atoms with E-state index in [-0.39, 0.29) is 11.4 Å². The van der Waals surface area contributed by atoms with Crippen LogP contribution in [0.15, 0.2) is 37.1 Å². The molecule has 0 unspecified atom stereocenters. The van der Waals surface area contributed by atoms with Crippen LogP contribution in [0.3, 0.4) is 0 Å². The van der Waals surface area contributed by atoms with Crippen molar-refractivity contribution in [2.24, 2.45) is 0 Å². The molecule has 106 valence electrons. The molecule has 0 radical (unpaired) electrons. The number of hydrogen-bond acceptors (Lipinski definition) is 7. The maximum Gasteiger partial charge on any atom is 0.292 e. The van der Waals surface area contributed by atoms with Crippen molar-refractivity contribution in [1.82, 2.24) is 19.6 Å². The number of nitrogens with two attached hydrogens (primary N) is 1. The Morgan fingerprint density at radius 1 is 1.38 bits per heavy atom. The summed E-state index contributed by atoms with van der Waals surface area (Å²) in [5.41, 5.74) is 10.7. The molecule has 0 fully saturated rings. The molecule has 3 aromatic rings. The number of hydrogen-bond donors (Lipinski definition) is 2. The standard InChI is InChI=1S/C12H11N7O2/c13-9-2-1-8(3-11(9)19(20)21)4-17-18-7-16-10-5-14-6-15-12(10)18/h1-3,5-7,17H,4,13H2. The molecule has 3 N–H and O–H groups in total. The molecule has 0 aliphatic rings. The summed E-state index contributed by atoms with van der Waals surface area (Å²) in [6.07, 6.45) is 4.61. The van der Waals surface area contributed by atoms with Crippen molar-refractivity contribution < 1.29 is 4.92 Å². The van der Waals surface area contributed by atoms with Crippen LogP contribution in [0.25, 0.3) is 11.2 Å².